The first-order valence-corrected chi connectivity index (χ1v) is 8.13. The molecule has 6 heteroatoms. The van der Waals surface area contributed by atoms with Gasteiger partial charge < -0.3 is 21.1 Å². The predicted molar refractivity (Wildman–Crippen MR) is 80.1 cm³/mol. The van der Waals surface area contributed by atoms with Gasteiger partial charge in [0.1, 0.15) is 0 Å². The molecule has 21 heavy (non-hydrogen) atoms. The van der Waals surface area contributed by atoms with E-state index in [9.17, 15) is 9.59 Å². The van der Waals surface area contributed by atoms with E-state index in [1.165, 1.54) is 12.8 Å². The maximum absolute atomic E-state index is 11.6. The Balaban J connectivity index is 1.46. The number of rotatable bonds is 8. The molecule has 0 aromatic heterocycles. The molecular formula is C15H27N3O3. The van der Waals surface area contributed by atoms with Crippen LogP contribution in [-0.2, 0) is 4.79 Å². The fraction of sp³-hybridized carbons (Fsp3) is 0.867. The van der Waals surface area contributed by atoms with Crippen molar-refractivity contribution in [1.82, 2.24) is 16.0 Å². The highest BCUT2D eigenvalue weighted by Gasteiger charge is 2.25. The third kappa shape index (κ3) is 6.33. The molecule has 0 radical (unpaired) electrons. The molecule has 0 aromatic rings. The number of nitrogens with one attached hydrogen (secondary N) is 3. The van der Waals surface area contributed by atoms with Gasteiger partial charge in [-0.05, 0) is 57.4 Å². The van der Waals surface area contributed by atoms with Crippen molar-refractivity contribution >= 4 is 12.0 Å². The maximum Gasteiger partial charge on any atom is 0.314 e. The molecule has 120 valence electrons. The summed E-state index contributed by atoms with van der Waals surface area (Å²) >= 11 is 0. The molecule has 0 aromatic carbocycles. The summed E-state index contributed by atoms with van der Waals surface area (Å²) in [6.45, 7) is 2.31. The summed E-state index contributed by atoms with van der Waals surface area (Å²) < 4.78 is 0. The van der Waals surface area contributed by atoms with Crippen molar-refractivity contribution in [2.75, 3.05) is 19.6 Å². The number of amides is 2. The quantitative estimate of drug-likeness (QED) is 0.509. The topological polar surface area (TPSA) is 90.5 Å². The predicted octanol–water partition coefficient (Wildman–Crippen LogP) is 1.32. The van der Waals surface area contributed by atoms with Gasteiger partial charge in [-0.3, -0.25) is 4.79 Å². The summed E-state index contributed by atoms with van der Waals surface area (Å²) in [5.74, 6) is -0.448. The first-order valence-electron chi connectivity index (χ1n) is 8.13. The molecule has 4 N–H and O–H groups in total. The van der Waals surface area contributed by atoms with Gasteiger partial charge in [0.25, 0.3) is 0 Å². The van der Waals surface area contributed by atoms with Crippen molar-refractivity contribution in [3.63, 3.8) is 0 Å². The molecule has 0 spiro atoms. The Kier molecular flexibility index (Phi) is 6.29. The summed E-state index contributed by atoms with van der Waals surface area (Å²) in [6.07, 6.45) is 6.78. The highest BCUT2D eigenvalue weighted by molar-refractivity contribution is 5.73. The van der Waals surface area contributed by atoms with E-state index in [1.807, 2.05) is 0 Å². The average molecular weight is 297 g/mol. The molecule has 2 saturated carbocycles. The molecule has 2 aliphatic carbocycles. The molecule has 2 fully saturated rings. The number of carboxylic acids is 1. The van der Waals surface area contributed by atoms with Crippen molar-refractivity contribution in [1.29, 1.82) is 0 Å². The number of aliphatic carboxylic acids is 1. The summed E-state index contributed by atoms with van der Waals surface area (Å²) in [6, 6.07) is 0.613. The third-order valence-electron chi connectivity index (χ3n) is 4.40. The van der Waals surface area contributed by atoms with Crippen LogP contribution in [0.25, 0.3) is 0 Å². The zero-order chi connectivity index (χ0) is 15.1. The van der Waals surface area contributed by atoms with Crippen molar-refractivity contribution < 1.29 is 14.7 Å². The van der Waals surface area contributed by atoms with E-state index < -0.39 is 5.97 Å². The lowest BCUT2D eigenvalue weighted by molar-refractivity contribution is -0.143. The Labute approximate surface area is 126 Å². The van der Waals surface area contributed by atoms with Gasteiger partial charge in [-0.1, -0.05) is 0 Å². The minimum atomic E-state index is -0.682. The lowest BCUT2D eigenvalue weighted by Gasteiger charge is -2.26. The Morgan fingerprint density at radius 2 is 1.67 bits per heavy atom. The van der Waals surface area contributed by atoms with E-state index in [4.69, 9.17) is 5.11 Å². The first-order chi connectivity index (χ1) is 10.1. The molecule has 0 heterocycles. The number of hydrogen-bond donors (Lipinski definition) is 4. The summed E-state index contributed by atoms with van der Waals surface area (Å²) in [5, 5.41) is 18.1. The van der Waals surface area contributed by atoms with Gasteiger partial charge in [-0.2, -0.15) is 0 Å². The van der Waals surface area contributed by atoms with Gasteiger partial charge in [-0.15, -0.1) is 0 Å². The second-order valence-electron chi connectivity index (χ2n) is 6.27. The molecule has 0 unspecified atom stereocenters. The lowest BCUT2D eigenvalue weighted by Crippen LogP contribution is -2.40. The second kappa shape index (κ2) is 8.22. The van der Waals surface area contributed by atoms with E-state index in [0.29, 0.717) is 19.0 Å². The Bertz CT molecular complexity index is 350. The van der Waals surface area contributed by atoms with Gasteiger partial charge in [0, 0.05) is 19.1 Å². The Morgan fingerprint density at radius 3 is 2.29 bits per heavy atom. The smallest absolute Gasteiger partial charge is 0.314 e. The molecular weight excluding hydrogens is 270 g/mol. The molecule has 2 rings (SSSR count). The number of carbonyl (C=O) groups excluding carboxylic acids is 1. The van der Waals surface area contributed by atoms with Gasteiger partial charge in [0.05, 0.1) is 5.92 Å². The normalized spacial score (nSPS) is 25.3. The van der Waals surface area contributed by atoms with Gasteiger partial charge in [0.15, 0.2) is 0 Å². The van der Waals surface area contributed by atoms with E-state index in [-0.39, 0.29) is 11.9 Å². The molecule has 0 aliphatic heterocycles. The minimum Gasteiger partial charge on any atom is -0.481 e. The van der Waals surface area contributed by atoms with Crippen LogP contribution in [0.4, 0.5) is 4.79 Å². The summed E-state index contributed by atoms with van der Waals surface area (Å²) in [7, 11) is 0. The van der Waals surface area contributed by atoms with Crippen LogP contribution in [0.3, 0.4) is 0 Å². The van der Waals surface area contributed by atoms with E-state index in [2.05, 4.69) is 16.0 Å². The lowest BCUT2D eigenvalue weighted by atomic mass is 9.82. The fourth-order valence-corrected chi connectivity index (χ4v) is 2.80. The fourth-order valence-electron chi connectivity index (χ4n) is 2.80. The Hall–Kier alpha value is -1.30. The van der Waals surface area contributed by atoms with E-state index in [0.717, 1.165) is 44.7 Å². The minimum absolute atomic E-state index is 0.109. The molecule has 0 saturated heterocycles. The average Bonchev–Trinajstić information content (AvgIpc) is 3.29. The second-order valence-corrected chi connectivity index (χ2v) is 6.27. The van der Waals surface area contributed by atoms with Crippen molar-refractivity contribution in [3.05, 3.63) is 0 Å². The van der Waals surface area contributed by atoms with Crippen LogP contribution in [-0.4, -0.2) is 42.8 Å². The van der Waals surface area contributed by atoms with Crippen LogP contribution >= 0.6 is 0 Å². The highest BCUT2D eigenvalue weighted by atomic mass is 16.4. The first kappa shape index (κ1) is 16.1. The van der Waals surface area contributed by atoms with Crippen LogP contribution < -0.4 is 16.0 Å². The van der Waals surface area contributed by atoms with Gasteiger partial charge in [-0.25, -0.2) is 4.79 Å². The SMILES string of the molecule is O=C(NCCCNC1CC1)NCC1CCC(C(=O)O)CC1. The van der Waals surface area contributed by atoms with E-state index >= 15 is 0 Å². The van der Waals surface area contributed by atoms with Crippen molar-refractivity contribution in [2.24, 2.45) is 11.8 Å². The number of carboxylic acid groups (broad SMARTS) is 1. The van der Waals surface area contributed by atoms with Crippen molar-refractivity contribution in [2.45, 2.75) is 51.0 Å². The Morgan fingerprint density at radius 1 is 0.952 bits per heavy atom. The largest absolute Gasteiger partial charge is 0.481 e. The van der Waals surface area contributed by atoms with E-state index in [1.54, 1.807) is 0 Å². The molecule has 0 bridgehead atoms. The van der Waals surface area contributed by atoms with Crippen LogP contribution in [0.5, 0.6) is 0 Å². The maximum atomic E-state index is 11.6. The standard InChI is InChI=1S/C15H27N3O3/c19-14(20)12-4-2-11(3-5-12)10-18-15(21)17-9-1-8-16-13-6-7-13/h11-13,16H,1-10H2,(H,19,20)(H2,17,18,21). The van der Waals surface area contributed by atoms with Crippen LogP contribution in [0.15, 0.2) is 0 Å². The molecule has 2 amide bonds. The monoisotopic (exact) mass is 297 g/mol. The molecule has 6 nitrogen and oxygen atoms in total. The number of hydrogen-bond acceptors (Lipinski definition) is 3. The van der Waals surface area contributed by atoms with Gasteiger partial charge in [0.2, 0.25) is 0 Å². The number of carbonyl (C=O) groups is 2. The van der Waals surface area contributed by atoms with Crippen LogP contribution in [0.1, 0.15) is 44.9 Å². The van der Waals surface area contributed by atoms with Crippen LogP contribution in [0, 0.1) is 11.8 Å². The molecule has 2 aliphatic rings. The zero-order valence-corrected chi connectivity index (χ0v) is 12.6. The van der Waals surface area contributed by atoms with Gasteiger partial charge >= 0.3 is 12.0 Å². The molecule has 0 atom stereocenters. The zero-order valence-electron chi connectivity index (χ0n) is 12.6. The van der Waals surface area contributed by atoms with Crippen LogP contribution in [0.2, 0.25) is 0 Å². The third-order valence-corrected chi connectivity index (χ3v) is 4.40. The highest BCUT2D eigenvalue weighted by Crippen LogP contribution is 2.28. The summed E-state index contributed by atoms with van der Waals surface area (Å²) in [5.41, 5.74) is 0. The van der Waals surface area contributed by atoms with Crippen molar-refractivity contribution in [3.8, 4) is 0 Å². The summed E-state index contributed by atoms with van der Waals surface area (Å²) in [4.78, 5) is 22.5. The number of urea groups is 1.